The second-order valence-electron chi connectivity index (χ2n) is 3.93. The zero-order chi connectivity index (χ0) is 12.7. The van der Waals surface area contributed by atoms with Crippen LogP contribution in [0.4, 0.5) is 0 Å². The zero-order valence-corrected chi connectivity index (χ0v) is 11.5. The third-order valence-corrected chi connectivity index (χ3v) is 3.51. The summed E-state index contributed by atoms with van der Waals surface area (Å²) in [7, 11) is 1.65. The predicted molar refractivity (Wildman–Crippen MR) is 69.2 cm³/mol. The summed E-state index contributed by atoms with van der Waals surface area (Å²) >= 11 is 1.55. The number of ether oxygens (including phenoxy) is 1. The van der Waals surface area contributed by atoms with Crippen LogP contribution in [0.25, 0.3) is 0 Å². The number of rotatable bonds is 7. The summed E-state index contributed by atoms with van der Waals surface area (Å²) in [5.41, 5.74) is 0.938. The van der Waals surface area contributed by atoms with Crippen molar-refractivity contribution in [2.24, 2.45) is 0 Å². The second-order valence-corrected chi connectivity index (χ2v) is 5.10. The van der Waals surface area contributed by atoms with Gasteiger partial charge in [-0.3, -0.25) is 4.79 Å². The van der Waals surface area contributed by atoms with Crippen LogP contribution in [0, 0.1) is 6.92 Å². The lowest BCUT2D eigenvalue weighted by molar-refractivity contribution is -0.120. The highest BCUT2D eigenvalue weighted by Gasteiger charge is 2.11. The Labute approximate surface area is 106 Å². The van der Waals surface area contributed by atoms with E-state index in [4.69, 9.17) is 4.74 Å². The van der Waals surface area contributed by atoms with E-state index in [0.29, 0.717) is 13.0 Å². The molecular formula is C12H20N2O2S. The van der Waals surface area contributed by atoms with Gasteiger partial charge in [-0.1, -0.05) is 13.3 Å². The van der Waals surface area contributed by atoms with Crippen molar-refractivity contribution in [1.29, 1.82) is 0 Å². The number of methoxy groups -OCH3 is 1. The zero-order valence-electron chi connectivity index (χ0n) is 10.7. The minimum Gasteiger partial charge on any atom is -0.378 e. The number of carbonyl (C=O) groups is 1. The number of hydrogen-bond donors (Lipinski definition) is 1. The highest BCUT2D eigenvalue weighted by molar-refractivity contribution is 7.11. The van der Waals surface area contributed by atoms with Crippen LogP contribution in [0.15, 0.2) is 0 Å². The van der Waals surface area contributed by atoms with Gasteiger partial charge in [-0.25, -0.2) is 4.98 Å². The van der Waals surface area contributed by atoms with Crippen LogP contribution in [0.2, 0.25) is 0 Å². The van der Waals surface area contributed by atoms with E-state index in [1.54, 1.807) is 18.4 Å². The fourth-order valence-electron chi connectivity index (χ4n) is 1.45. The van der Waals surface area contributed by atoms with Gasteiger partial charge in [0.1, 0.15) is 5.01 Å². The van der Waals surface area contributed by atoms with E-state index in [1.807, 2.05) is 6.92 Å². The summed E-state index contributed by atoms with van der Waals surface area (Å²) in [6.07, 6.45) is 2.55. The summed E-state index contributed by atoms with van der Waals surface area (Å²) in [6, 6.07) is 0. The van der Waals surface area contributed by atoms with E-state index < -0.39 is 0 Å². The number of aromatic nitrogens is 1. The average Bonchev–Trinajstić information content (AvgIpc) is 2.60. The molecule has 0 bridgehead atoms. The van der Waals surface area contributed by atoms with Crippen molar-refractivity contribution in [2.45, 2.75) is 39.7 Å². The number of amides is 1. The normalized spacial score (nSPS) is 10.5. The van der Waals surface area contributed by atoms with Crippen LogP contribution in [-0.2, 0) is 22.6 Å². The Balaban J connectivity index is 2.47. The first-order valence-corrected chi connectivity index (χ1v) is 6.69. The maximum atomic E-state index is 11.6. The lowest BCUT2D eigenvalue weighted by Gasteiger charge is -2.02. The summed E-state index contributed by atoms with van der Waals surface area (Å²) in [4.78, 5) is 17.0. The number of carbonyl (C=O) groups excluding carboxylic acids is 1. The maximum absolute atomic E-state index is 11.6. The van der Waals surface area contributed by atoms with E-state index in [2.05, 4.69) is 17.2 Å². The summed E-state index contributed by atoms with van der Waals surface area (Å²) in [5, 5.41) is 3.84. The molecule has 17 heavy (non-hydrogen) atoms. The molecule has 0 aliphatic rings. The predicted octanol–water partition coefficient (Wildman–Crippen LogP) is 2.06. The molecule has 5 heteroatoms. The summed E-state index contributed by atoms with van der Waals surface area (Å²) < 4.78 is 5.03. The highest BCUT2D eigenvalue weighted by atomic mass is 32.1. The minimum atomic E-state index is 0.0779. The molecule has 1 rings (SSSR count). The van der Waals surface area contributed by atoms with E-state index in [0.717, 1.165) is 35.0 Å². The van der Waals surface area contributed by atoms with Gasteiger partial charge in [0.05, 0.1) is 18.7 Å². The van der Waals surface area contributed by atoms with Crippen molar-refractivity contribution in [3.63, 3.8) is 0 Å². The molecule has 0 aromatic carbocycles. The Kier molecular flexibility index (Phi) is 6.15. The van der Waals surface area contributed by atoms with Gasteiger partial charge >= 0.3 is 0 Å². The second kappa shape index (κ2) is 7.40. The van der Waals surface area contributed by atoms with Gasteiger partial charge in [-0.05, 0) is 13.3 Å². The Morgan fingerprint density at radius 1 is 1.53 bits per heavy atom. The molecule has 1 aromatic rings. The number of nitrogens with zero attached hydrogens (tertiary/aromatic N) is 1. The molecule has 1 N–H and O–H groups in total. The first-order valence-electron chi connectivity index (χ1n) is 5.88. The van der Waals surface area contributed by atoms with Crippen LogP contribution in [-0.4, -0.2) is 24.5 Å². The SMILES string of the molecule is CCCCNC(=O)Cc1sc(COC)nc1C. The number of nitrogens with one attached hydrogen (secondary N) is 1. The largest absolute Gasteiger partial charge is 0.378 e. The molecule has 0 atom stereocenters. The van der Waals surface area contributed by atoms with E-state index in [1.165, 1.54) is 0 Å². The number of hydrogen-bond acceptors (Lipinski definition) is 4. The summed E-state index contributed by atoms with van der Waals surface area (Å²) in [5.74, 6) is 0.0779. The molecule has 1 amide bonds. The fraction of sp³-hybridized carbons (Fsp3) is 0.667. The smallest absolute Gasteiger partial charge is 0.225 e. The van der Waals surface area contributed by atoms with Gasteiger partial charge in [0, 0.05) is 18.5 Å². The maximum Gasteiger partial charge on any atom is 0.225 e. The molecule has 0 fully saturated rings. The lowest BCUT2D eigenvalue weighted by atomic mass is 10.3. The van der Waals surface area contributed by atoms with Crippen LogP contribution < -0.4 is 5.32 Å². The standard InChI is InChI=1S/C12H20N2O2S/c1-4-5-6-13-11(15)7-10-9(2)14-12(17-10)8-16-3/h4-8H2,1-3H3,(H,13,15). The van der Waals surface area contributed by atoms with Crippen LogP contribution >= 0.6 is 11.3 Å². The van der Waals surface area contributed by atoms with E-state index in [-0.39, 0.29) is 5.91 Å². The molecule has 0 aliphatic heterocycles. The molecular weight excluding hydrogens is 236 g/mol. The van der Waals surface area contributed by atoms with E-state index >= 15 is 0 Å². The number of thiazole rings is 1. The van der Waals surface area contributed by atoms with Crippen molar-refractivity contribution in [3.8, 4) is 0 Å². The molecule has 0 radical (unpaired) electrons. The minimum absolute atomic E-state index is 0.0779. The highest BCUT2D eigenvalue weighted by Crippen LogP contribution is 2.19. The fourth-order valence-corrected chi connectivity index (χ4v) is 2.49. The summed E-state index contributed by atoms with van der Waals surface area (Å²) in [6.45, 7) is 5.32. The molecule has 1 heterocycles. The first kappa shape index (κ1) is 14.1. The van der Waals surface area contributed by atoms with Gasteiger partial charge < -0.3 is 10.1 Å². The van der Waals surface area contributed by atoms with Gasteiger partial charge in [-0.15, -0.1) is 11.3 Å². The topological polar surface area (TPSA) is 51.2 Å². The van der Waals surface area contributed by atoms with Crippen LogP contribution in [0.5, 0.6) is 0 Å². The van der Waals surface area contributed by atoms with E-state index in [9.17, 15) is 4.79 Å². The third-order valence-electron chi connectivity index (χ3n) is 2.38. The molecule has 0 spiro atoms. The average molecular weight is 256 g/mol. The van der Waals surface area contributed by atoms with Crippen molar-refractivity contribution < 1.29 is 9.53 Å². The Morgan fingerprint density at radius 2 is 2.29 bits per heavy atom. The van der Waals surface area contributed by atoms with Crippen molar-refractivity contribution in [3.05, 3.63) is 15.6 Å². The van der Waals surface area contributed by atoms with Gasteiger partial charge in [-0.2, -0.15) is 0 Å². The van der Waals surface area contributed by atoms with Crippen LogP contribution in [0.3, 0.4) is 0 Å². The monoisotopic (exact) mass is 256 g/mol. The molecule has 96 valence electrons. The van der Waals surface area contributed by atoms with Crippen molar-refractivity contribution in [2.75, 3.05) is 13.7 Å². The van der Waals surface area contributed by atoms with Gasteiger partial charge in [0.2, 0.25) is 5.91 Å². The molecule has 1 aromatic heterocycles. The van der Waals surface area contributed by atoms with Crippen molar-refractivity contribution in [1.82, 2.24) is 10.3 Å². The molecule has 0 aliphatic carbocycles. The quantitative estimate of drug-likeness (QED) is 0.760. The third kappa shape index (κ3) is 4.83. The van der Waals surface area contributed by atoms with Gasteiger partial charge in [0.15, 0.2) is 0 Å². The van der Waals surface area contributed by atoms with Crippen LogP contribution in [0.1, 0.15) is 35.3 Å². The molecule has 4 nitrogen and oxygen atoms in total. The number of unbranched alkanes of at least 4 members (excludes halogenated alkanes) is 1. The molecule has 0 saturated heterocycles. The Morgan fingerprint density at radius 3 is 2.94 bits per heavy atom. The molecule has 0 unspecified atom stereocenters. The van der Waals surface area contributed by atoms with Crippen molar-refractivity contribution >= 4 is 17.2 Å². The lowest BCUT2D eigenvalue weighted by Crippen LogP contribution is -2.25. The first-order chi connectivity index (χ1) is 8.17. The Bertz CT molecular complexity index is 363. The number of aryl methyl sites for hydroxylation is 1. The van der Waals surface area contributed by atoms with Gasteiger partial charge in [0.25, 0.3) is 0 Å². The Hall–Kier alpha value is -0.940. The molecule has 0 saturated carbocycles.